The van der Waals surface area contributed by atoms with E-state index in [2.05, 4.69) is 19.2 Å². The summed E-state index contributed by atoms with van der Waals surface area (Å²) in [5.74, 6) is 0.844. The Kier molecular flexibility index (Phi) is 9.48. The lowest BCUT2D eigenvalue weighted by Gasteiger charge is -2.16. The van der Waals surface area contributed by atoms with E-state index >= 15 is 0 Å². The predicted octanol–water partition coefficient (Wildman–Crippen LogP) is 3.11. The van der Waals surface area contributed by atoms with Gasteiger partial charge in [-0.25, -0.2) is 0 Å². The molecule has 0 amide bonds. The van der Waals surface area contributed by atoms with Gasteiger partial charge in [0.05, 0.1) is 12.7 Å². The number of aliphatic hydroxyl groups is 1. The minimum Gasteiger partial charge on any atom is -0.389 e. The summed E-state index contributed by atoms with van der Waals surface area (Å²) in [5, 5.41) is 13.2. The van der Waals surface area contributed by atoms with Crippen LogP contribution in [0, 0.1) is 5.92 Å². The Morgan fingerprint density at radius 1 is 1.16 bits per heavy atom. The third-order valence-corrected chi connectivity index (χ3v) is 3.96. The molecule has 0 radical (unpaired) electrons. The number of hydrogen-bond acceptors (Lipinski definition) is 3. The van der Waals surface area contributed by atoms with E-state index in [0.29, 0.717) is 19.2 Å². The van der Waals surface area contributed by atoms with Crippen LogP contribution in [0.1, 0.15) is 65.2 Å². The van der Waals surface area contributed by atoms with E-state index in [0.717, 1.165) is 18.9 Å². The highest BCUT2D eigenvalue weighted by molar-refractivity contribution is 4.83. The number of unbranched alkanes of at least 4 members (excludes halogenated alkanes) is 5. The summed E-state index contributed by atoms with van der Waals surface area (Å²) in [6, 6.07) is 0.549. The Morgan fingerprint density at radius 2 is 1.84 bits per heavy atom. The predicted molar refractivity (Wildman–Crippen MR) is 80.4 cm³/mol. The molecule has 1 saturated carbocycles. The van der Waals surface area contributed by atoms with Crippen LogP contribution in [0.15, 0.2) is 0 Å². The van der Waals surface area contributed by atoms with Gasteiger partial charge in [0.25, 0.3) is 0 Å². The van der Waals surface area contributed by atoms with Crippen LogP contribution in [0.3, 0.4) is 0 Å². The standard InChI is InChI=1S/C16H33NO2/c1-3-4-5-6-7-8-11-19-13-16(18)12-17-14(2)15-9-10-15/h14-18H,3-13H2,1-2H3. The first kappa shape index (κ1) is 16.9. The molecule has 1 fully saturated rings. The van der Waals surface area contributed by atoms with E-state index in [4.69, 9.17) is 4.74 Å². The van der Waals surface area contributed by atoms with Crippen molar-refractivity contribution in [2.45, 2.75) is 77.4 Å². The van der Waals surface area contributed by atoms with Gasteiger partial charge < -0.3 is 15.2 Å². The molecule has 1 aliphatic rings. The van der Waals surface area contributed by atoms with Crippen LogP contribution < -0.4 is 5.32 Å². The van der Waals surface area contributed by atoms with Crippen LogP contribution in [0.2, 0.25) is 0 Å². The van der Waals surface area contributed by atoms with E-state index in [-0.39, 0.29) is 6.10 Å². The van der Waals surface area contributed by atoms with Crippen LogP contribution in [0.4, 0.5) is 0 Å². The zero-order valence-electron chi connectivity index (χ0n) is 12.9. The molecule has 0 bridgehead atoms. The quantitative estimate of drug-likeness (QED) is 0.506. The van der Waals surface area contributed by atoms with Crippen molar-refractivity contribution in [3.8, 4) is 0 Å². The first-order valence-corrected chi connectivity index (χ1v) is 8.23. The minimum absolute atomic E-state index is 0.360. The Morgan fingerprint density at radius 3 is 2.53 bits per heavy atom. The minimum atomic E-state index is -0.360. The van der Waals surface area contributed by atoms with Gasteiger partial charge in [-0.15, -0.1) is 0 Å². The van der Waals surface area contributed by atoms with Gasteiger partial charge in [-0.2, -0.15) is 0 Å². The molecule has 0 aromatic carbocycles. The van der Waals surface area contributed by atoms with E-state index in [9.17, 15) is 5.11 Å². The first-order valence-electron chi connectivity index (χ1n) is 8.23. The van der Waals surface area contributed by atoms with Crippen LogP contribution in [0.25, 0.3) is 0 Å². The molecule has 1 aliphatic carbocycles. The van der Waals surface area contributed by atoms with Gasteiger partial charge in [-0.1, -0.05) is 39.0 Å². The summed E-state index contributed by atoms with van der Waals surface area (Å²) in [4.78, 5) is 0. The summed E-state index contributed by atoms with van der Waals surface area (Å²) < 4.78 is 5.52. The molecule has 0 spiro atoms. The number of hydrogen-bond donors (Lipinski definition) is 2. The number of nitrogens with one attached hydrogen (secondary N) is 1. The average Bonchev–Trinajstić information content (AvgIpc) is 3.23. The fourth-order valence-corrected chi connectivity index (χ4v) is 2.35. The third kappa shape index (κ3) is 9.42. The van der Waals surface area contributed by atoms with Gasteiger partial charge in [0.1, 0.15) is 0 Å². The van der Waals surface area contributed by atoms with Gasteiger partial charge in [0, 0.05) is 19.2 Å². The first-order chi connectivity index (χ1) is 9.24. The van der Waals surface area contributed by atoms with Crippen LogP contribution >= 0.6 is 0 Å². The molecule has 19 heavy (non-hydrogen) atoms. The third-order valence-electron chi connectivity index (χ3n) is 3.96. The lowest BCUT2D eigenvalue weighted by molar-refractivity contribution is 0.0340. The topological polar surface area (TPSA) is 41.5 Å². The van der Waals surface area contributed by atoms with Gasteiger partial charge in [0.2, 0.25) is 0 Å². The molecule has 2 unspecified atom stereocenters. The summed E-state index contributed by atoms with van der Waals surface area (Å²) in [6.07, 6.45) is 10.0. The van der Waals surface area contributed by atoms with Crippen molar-refractivity contribution < 1.29 is 9.84 Å². The smallest absolute Gasteiger partial charge is 0.0897 e. The average molecular weight is 271 g/mol. The van der Waals surface area contributed by atoms with Crippen molar-refractivity contribution in [3.63, 3.8) is 0 Å². The van der Waals surface area contributed by atoms with Gasteiger partial charge in [-0.05, 0) is 32.1 Å². The largest absolute Gasteiger partial charge is 0.389 e. The van der Waals surface area contributed by atoms with Crippen molar-refractivity contribution >= 4 is 0 Å². The Hall–Kier alpha value is -0.120. The second-order valence-corrected chi connectivity index (χ2v) is 6.03. The molecule has 1 rings (SSSR count). The van der Waals surface area contributed by atoms with E-state index < -0.39 is 0 Å². The van der Waals surface area contributed by atoms with E-state index in [1.54, 1.807) is 0 Å². The number of aliphatic hydroxyl groups excluding tert-OH is 1. The monoisotopic (exact) mass is 271 g/mol. The second-order valence-electron chi connectivity index (χ2n) is 6.03. The number of ether oxygens (including phenoxy) is 1. The zero-order valence-corrected chi connectivity index (χ0v) is 12.9. The summed E-state index contributed by atoms with van der Waals surface area (Å²) in [5.41, 5.74) is 0. The van der Waals surface area contributed by atoms with Crippen molar-refractivity contribution in [2.75, 3.05) is 19.8 Å². The maximum absolute atomic E-state index is 9.79. The van der Waals surface area contributed by atoms with Crippen molar-refractivity contribution in [3.05, 3.63) is 0 Å². The molecule has 114 valence electrons. The molecule has 3 nitrogen and oxygen atoms in total. The summed E-state index contributed by atoms with van der Waals surface area (Å²) in [7, 11) is 0. The zero-order chi connectivity index (χ0) is 13.9. The van der Waals surface area contributed by atoms with Crippen LogP contribution in [-0.4, -0.2) is 37.0 Å². The molecule has 2 atom stereocenters. The normalized spacial score (nSPS) is 18.5. The molecule has 0 heterocycles. The lowest BCUT2D eigenvalue weighted by atomic mass is 10.1. The second kappa shape index (κ2) is 10.6. The van der Waals surface area contributed by atoms with Crippen molar-refractivity contribution in [1.82, 2.24) is 5.32 Å². The number of rotatable bonds is 13. The highest BCUT2D eigenvalue weighted by Crippen LogP contribution is 2.32. The molecular formula is C16H33NO2. The van der Waals surface area contributed by atoms with Crippen LogP contribution in [0.5, 0.6) is 0 Å². The van der Waals surface area contributed by atoms with Crippen molar-refractivity contribution in [2.24, 2.45) is 5.92 Å². The van der Waals surface area contributed by atoms with Crippen LogP contribution in [-0.2, 0) is 4.74 Å². The lowest BCUT2D eigenvalue weighted by Crippen LogP contribution is -2.37. The summed E-state index contributed by atoms with van der Waals surface area (Å²) >= 11 is 0. The highest BCUT2D eigenvalue weighted by Gasteiger charge is 2.27. The summed E-state index contributed by atoms with van der Waals surface area (Å²) in [6.45, 7) is 6.37. The molecule has 2 N–H and O–H groups in total. The molecule has 0 aliphatic heterocycles. The molecule has 0 saturated heterocycles. The fraction of sp³-hybridized carbons (Fsp3) is 1.00. The van der Waals surface area contributed by atoms with Gasteiger partial charge in [0.15, 0.2) is 0 Å². The van der Waals surface area contributed by atoms with Gasteiger partial charge >= 0.3 is 0 Å². The maximum Gasteiger partial charge on any atom is 0.0897 e. The van der Waals surface area contributed by atoms with Crippen molar-refractivity contribution in [1.29, 1.82) is 0 Å². The Bertz CT molecular complexity index is 207. The maximum atomic E-state index is 9.79. The molecular weight excluding hydrogens is 238 g/mol. The molecule has 3 heteroatoms. The SMILES string of the molecule is CCCCCCCCOCC(O)CNC(C)C1CC1. The van der Waals surface area contributed by atoms with E-state index in [1.807, 2.05) is 0 Å². The van der Waals surface area contributed by atoms with Gasteiger partial charge in [-0.3, -0.25) is 0 Å². The highest BCUT2D eigenvalue weighted by atomic mass is 16.5. The molecule has 0 aromatic rings. The molecule has 0 aromatic heterocycles. The fourth-order valence-electron chi connectivity index (χ4n) is 2.35. The Labute approximate surface area is 119 Å². The van der Waals surface area contributed by atoms with E-state index in [1.165, 1.54) is 44.9 Å². The Balaban J connectivity index is 1.80.